The molecule has 2 aromatic carbocycles. The average molecular weight is 419 g/mol. The molecule has 1 atom stereocenters. The summed E-state index contributed by atoms with van der Waals surface area (Å²) >= 11 is 0. The lowest BCUT2D eigenvalue weighted by atomic mass is 9.94. The number of hydrogen-bond acceptors (Lipinski definition) is 5. The number of methoxy groups -OCH3 is 1. The van der Waals surface area contributed by atoms with Gasteiger partial charge in [-0.15, -0.1) is 10.2 Å². The molecule has 2 amide bonds. The summed E-state index contributed by atoms with van der Waals surface area (Å²) in [5, 5.41) is 11.3. The number of nitrogens with zero attached hydrogens (tertiary/aromatic N) is 4. The van der Waals surface area contributed by atoms with E-state index in [2.05, 4.69) is 15.5 Å². The number of likely N-dealkylation sites (tertiary alicyclic amines) is 1. The maximum absolute atomic E-state index is 12.8. The van der Waals surface area contributed by atoms with Crippen molar-refractivity contribution in [2.75, 3.05) is 25.5 Å². The zero-order valence-corrected chi connectivity index (χ0v) is 17.4. The first-order valence-corrected chi connectivity index (χ1v) is 10.3. The van der Waals surface area contributed by atoms with E-state index in [1.807, 2.05) is 39.8 Å². The Balaban J connectivity index is 1.37. The first-order chi connectivity index (χ1) is 15.1. The smallest absolute Gasteiger partial charge is 0.337 e. The molecule has 1 aromatic heterocycles. The summed E-state index contributed by atoms with van der Waals surface area (Å²) in [7, 11) is 1.34. The van der Waals surface area contributed by atoms with Crippen LogP contribution in [0.4, 0.5) is 10.5 Å². The number of hydrogen-bond donors (Lipinski definition) is 1. The van der Waals surface area contributed by atoms with Gasteiger partial charge >= 0.3 is 12.0 Å². The predicted octanol–water partition coefficient (Wildman–Crippen LogP) is 3.54. The van der Waals surface area contributed by atoms with E-state index >= 15 is 0 Å². The van der Waals surface area contributed by atoms with Crippen molar-refractivity contribution >= 4 is 17.7 Å². The molecule has 31 heavy (non-hydrogen) atoms. The summed E-state index contributed by atoms with van der Waals surface area (Å²) in [6.07, 6.45) is 4.47. The Morgan fingerprint density at radius 2 is 1.90 bits per heavy atom. The van der Waals surface area contributed by atoms with E-state index in [0.29, 0.717) is 30.3 Å². The first-order valence-electron chi connectivity index (χ1n) is 10.3. The van der Waals surface area contributed by atoms with Gasteiger partial charge in [0.15, 0.2) is 0 Å². The minimum Gasteiger partial charge on any atom is -0.465 e. The van der Waals surface area contributed by atoms with E-state index in [1.54, 1.807) is 30.6 Å². The van der Waals surface area contributed by atoms with Crippen LogP contribution in [-0.2, 0) is 11.2 Å². The minimum atomic E-state index is -0.403. The molecule has 1 fully saturated rings. The topological polar surface area (TPSA) is 89.3 Å². The van der Waals surface area contributed by atoms with Crippen molar-refractivity contribution in [2.24, 2.45) is 5.92 Å². The van der Waals surface area contributed by atoms with Crippen molar-refractivity contribution in [1.29, 1.82) is 0 Å². The molecule has 8 nitrogen and oxygen atoms in total. The van der Waals surface area contributed by atoms with Crippen LogP contribution in [0.15, 0.2) is 60.9 Å². The van der Waals surface area contributed by atoms with E-state index in [4.69, 9.17) is 4.74 Å². The van der Waals surface area contributed by atoms with E-state index in [1.165, 1.54) is 7.11 Å². The lowest BCUT2D eigenvalue weighted by Gasteiger charge is -2.32. The number of esters is 1. The van der Waals surface area contributed by atoms with E-state index in [-0.39, 0.29) is 6.03 Å². The monoisotopic (exact) mass is 419 g/mol. The van der Waals surface area contributed by atoms with Gasteiger partial charge in [0.2, 0.25) is 0 Å². The number of piperidine rings is 1. The maximum Gasteiger partial charge on any atom is 0.337 e. The molecule has 2 heterocycles. The maximum atomic E-state index is 12.8. The molecule has 0 saturated carbocycles. The Morgan fingerprint density at radius 3 is 2.65 bits per heavy atom. The molecule has 1 aliphatic heterocycles. The number of rotatable bonds is 5. The van der Waals surface area contributed by atoms with Crippen LogP contribution < -0.4 is 5.32 Å². The van der Waals surface area contributed by atoms with Crippen LogP contribution in [0.3, 0.4) is 0 Å². The van der Waals surface area contributed by atoms with Gasteiger partial charge in [0.1, 0.15) is 12.2 Å². The summed E-state index contributed by atoms with van der Waals surface area (Å²) in [6.45, 7) is 1.38. The van der Waals surface area contributed by atoms with Crippen molar-refractivity contribution in [3.8, 4) is 5.69 Å². The van der Waals surface area contributed by atoms with E-state index < -0.39 is 5.97 Å². The van der Waals surface area contributed by atoms with Gasteiger partial charge < -0.3 is 15.0 Å². The largest absolute Gasteiger partial charge is 0.465 e. The number of benzene rings is 2. The Morgan fingerprint density at radius 1 is 1.13 bits per heavy atom. The second-order valence-corrected chi connectivity index (χ2v) is 7.61. The van der Waals surface area contributed by atoms with Crippen LogP contribution >= 0.6 is 0 Å². The zero-order chi connectivity index (χ0) is 21.6. The fraction of sp³-hybridized carbons (Fsp3) is 0.304. The fourth-order valence-corrected chi connectivity index (χ4v) is 3.89. The van der Waals surface area contributed by atoms with Gasteiger partial charge in [-0.2, -0.15) is 0 Å². The Bertz CT molecular complexity index is 1030. The number of carbonyl (C=O) groups excluding carboxylic acids is 2. The number of aromatic nitrogens is 3. The number of nitrogens with one attached hydrogen (secondary N) is 1. The molecular weight excluding hydrogens is 394 g/mol. The third kappa shape index (κ3) is 4.91. The average Bonchev–Trinajstić information content (AvgIpc) is 3.28. The molecule has 0 aliphatic carbocycles. The second-order valence-electron chi connectivity index (χ2n) is 7.61. The molecule has 0 spiro atoms. The van der Waals surface area contributed by atoms with Crippen LogP contribution in [0, 0.1) is 5.92 Å². The summed E-state index contributed by atoms with van der Waals surface area (Å²) in [6, 6.07) is 16.6. The molecule has 4 rings (SSSR count). The molecule has 3 aromatic rings. The Kier molecular flexibility index (Phi) is 6.26. The molecule has 0 radical (unpaired) electrons. The third-order valence-electron chi connectivity index (χ3n) is 5.49. The highest BCUT2D eigenvalue weighted by atomic mass is 16.5. The van der Waals surface area contributed by atoms with Gasteiger partial charge in [0.25, 0.3) is 0 Å². The molecular formula is C23H25N5O3. The van der Waals surface area contributed by atoms with Crippen LogP contribution in [0.2, 0.25) is 0 Å². The van der Waals surface area contributed by atoms with Crippen LogP contribution in [-0.4, -0.2) is 51.9 Å². The van der Waals surface area contributed by atoms with Crippen molar-refractivity contribution in [3.63, 3.8) is 0 Å². The fourth-order valence-electron chi connectivity index (χ4n) is 3.89. The summed E-state index contributed by atoms with van der Waals surface area (Å²) in [5.41, 5.74) is 2.12. The number of para-hydroxylation sites is 1. The molecule has 1 aliphatic rings. The van der Waals surface area contributed by atoms with Gasteiger partial charge in [0.05, 0.1) is 12.7 Å². The summed E-state index contributed by atoms with van der Waals surface area (Å²) in [5.74, 6) is 0.810. The molecule has 8 heteroatoms. The Labute approximate surface area is 180 Å². The number of anilines is 1. The Hall–Kier alpha value is -3.68. The first kappa shape index (κ1) is 20.6. The van der Waals surface area contributed by atoms with Crippen molar-refractivity contribution in [3.05, 3.63) is 72.3 Å². The SMILES string of the molecule is COC(=O)c1ccc(NC(=O)N2CCCC(Cc3nncn3-c3ccccc3)C2)cc1. The number of carbonyl (C=O) groups is 2. The van der Waals surface area contributed by atoms with Gasteiger partial charge in [-0.3, -0.25) is 4.57 Å². The van der Waals surface area contributed by atoms with Crippen LogP contribution in [0.5, 0.6) is 0 Å². The third-order valence-corrected chi connectivity index (χ3v) is 5.49. The van der Waals surface area contributed by atoms with Crippen LogP contribution in [0.25, 0.3) is 5.69 Å². The second kappa shape index (κ2) is 9.42. The number of amides is 2. The zero-order valence-electron chi connectivity index (χ0n) is 17.4. The highest BCUT2D eigenvalue weighted by molar-refractivity contribution is 5.92. The molecule has 1 unspecified atom stereocenters. The predicted molar refractivity (Wildman–Crippen MR) is 116 cm³/mol. The lowest BCUT2D eigenvalue weighted by molar-refractivity contribution is 0.0600. The molecule has 160 valence electrons. The van der Waals surface area contributed by atoms with Gasteiger partial charge in [-0.25, -0.2) is 9.59 Å². The normalized spacial score (nSPS) is 16.0. The number of urea groups is 1. The standard InChI is InChI=1S/C23H25N5O3/c1-31-22(29)18-9-11-19(12-10-18)25-23(30)27-13-5-6-17(15-27)14-21-26-24-16-28(21)20-7-3-2-4-8-20/h2-4,7-12,16-17H,5-6,13-15H2,1H3,(H,25,30). The molecule has 1 N–H and O–H groups in total. The summed E-state index contributed by atoms with van der Waals surface area (Å²) < 4.78 is 6.70. The van der Waals surface area contributed by atoms with Gasteiger partial charge in [-0.1, -0.05) is 18.2 Å². The van der Waals surface area contributed by atoms with Crippen molar-refractivity contribution in [2.45, 2.75) is 19.3 Å². The quantitative estimate of drug-likeness (QED) is 0.639. The van der Waals surface area contributed by atoms with Gasteiger partial charge in [0, 0.05) is 30.9 Å². The number of ether oxygens (including phenoxy) is 1. The van der Waals surface area contributed by atoms with E-state index in [9.17, 15) is 9.59 Å². The lowest BCUT2D eigenvalue weighted by Crippen LogP contribution is -2.43. The molecule has 0 bridgehead atoms. The van der Waals surface area contributed by atoms with Crippen molar-refractivity contribution < 1.29 is 14.3 Å². The van der Waals surface area contributed by atoms with Crippen LogP contribution in [0.1, 0.15) is 29.0 Å². The van der Waals surface area contributed by atoms with Gasteiger partial charge in [-0.05, 0) is 55.2 Å². The molecule has 1 saturated heterocycles. The highest BCUT2D eigenvalue weighted by Gasteiger charge is 2.25. The van der Waals surface area contributed by atoms with E-state index in [0.717, 1.165) is 30.8 Å². The summed E-state index contributed by atoms with van der Waals surface area (Å²) in [4.78, 5) is 26.2. The minimum absolute atomic E-state index is 0.139. The highest BCUT2D eigenvalue weighted by Crippen LogP contribution is 2.22. The van der Waals surface area contributed by atoms with Crippen molar-refractivity contribution in [1.82, 2.24) is 19.7 Å².